The number of benzene rings is 3. The maximum Gasteiger partial charge on any atom is 0.261 e. The van der Waals surface area contributed by atoms with Crippen molar-refractivity contribution >= 4 is 45.5 Å². The molecule has 204 valence electrons. The Balaban J connectivity index is 1.61. The van der Waals surface area contributed by atoms with Crippen molar-refractivity contribution in [3.8, 4) is 0 Å². The van der Waals surface area contributed by atoms with Gasteiger partial charge in [0, 0.05) is 29.0 Å². The van der Waals surface area contributed by atoms with E-state index in [4.69, 9.17) is 4.98 Å². The molecule has 0 unspecified atom stereocenters. The number of amides is 1. The summed E-state index contributed by atoms with van der Waals surface area (Å²) in [5.41, 5.74) is 4.16. The quantitative estimate of drug-likeness (QED) is 0.210. The molecule has 1 aromatic heterocycles. The summed E-state index contributed by atoms with van der Waals surface area (Å²) in [6, 6.07) is 20.2. The number of nitrogens with zero attached hydrogens (tertiary/aromatic N) is 3. The van der Waals surface area contributed by atoms with Gasteiger partial charge in [0.1, 0.15) is 17.2 Å². The fourth-order valence-electron chi connectivity index (χ4n) is 4.08. The zero-order chi connectivity index (χ0) is 28.6. The van der Waals surface area contributed by atoms with Crippen molar-refractivity contribution in [1.29, 1.82) is 0 Å². The fraction of sp³-hybridized carbons (Fsp3) is 0.129. The van der Waals surface area contributed by atoms with E-state index in [9.17, 15) is 13.6 Å². The molecule has 2 N–H and O–H groups in total. The number of aromatic nitrogens is 2. The van der Waals surface area contributed by atoms with Crippen molar-refractivity contribution in [1.82, 2.24) is 14.9 Å². The predicted octanol–water partition coefficient (Wildman–Crippen LogP) is 7.58. The lowest BCUT2D eigenvalue weighted by Gasteiger charge is -2.14. The molecule has 0 saturated carbocycles. The number of anilines is 3. The van der Waals surface area contributed by atoms with E-state index in [-0.39, 0.29) is 0 Å². The first-order chi connectivity index (χ1) is 19.2. The zero-order valence-corrected chi connectivity index (χ0v) is 23.2. The highest BCUT2D eigenvalue weighted by atomic mass is 32.2. The molecule has 0 aliphatic heterocycles. The Morgan fingerprint density at radius 3 is 2.42 bits per heavy atom. The van der Waals surface area contributed by atoms with Crippen molar-refractivity contribution in [2.75, 3.05) is 24.7 Å². The minimum atomic E-state index is -0.924. The van der Waals surface area contributed by atoms with Gasteiger partial charge in [0.2, 0.25) is 5.95 Å². The summed E-state index contributed by atoms with van der Waals surface area (Å²) < 4.78 is 28.2. The molecule has 9 heteroatoms. The first-order valence-electron chi connectivity index (χ1n) is 12.4. The molecule has 0 bridgehead atoms. The number of allylic oxidation sites excluding steroid dienone is 1. The lowest BCUT2D eigenvalue weighted by molar-refractivity contribution is 0.101. The van der Waals surface area contributed by atoms with E-state index >= 15 is 0 Å². The van der Waals surface area contributed by atoms with Crippen molar-refractivity contribution in [3.63, 3.8) is 0 Å². The molecule has 0 fully saturated rings. The Hall–Kier alpha value is -4.34. The van der Waals surface area contributed by atoms with Gasteiger partial charge in [0.15, 0.2) is 0 Å². The van der Waals surface area contributed by atoms with Crippen molar-refractivity contribution in [3.05, 3.63) is 125 Å². The van der Waals surface area contributed by atoms with Gasteiger partial charge >= 0.3 is 0 Å². The van der Waals surface area contributed by atoms with Crippen LogP contribution in [0.15, 0.2) is 91.0 Å². The van der Waals surface area contributed by atoms with Crippen LogP contribution in [0.5, 0.6) is 0 Å². The molecule has 1 amide bonds. The summed E-state index contributed by atoms with van der Waals surface area (Å²) in [6.45, 7) is 6.62. The van der Waals surface area contributed by atoms with Crippen LogP contribution in [0.1, 0.15) is 34.1 Å². The van der Waals surface area contributed by atoms with E-state index in [1.54, 1.807) is 29.8 Å². The van der Waals surface area contributed by atoms with Gasteiger partial charge in [0.05, 0.1) is 5.69 Å². The number of carbonyl (C=O) groups excluding carboxylic acids is 1. The maximum absolute atomic E-state index is 14.1. The number of rotatable bonds is 10. The lowest BCUT2D eigenvalue weighted by Crippen LogP contribution is -2.15. The third-order valence-corrected chi connectivity index (χ3v) is 6.77. The van der Waals surface area contributed by atoms with Gasteiger partial charge < -0.3 is 15.5 Å². The third-order valence-electron chi connectivity index (χ3n) is 5.86. The smallest absolute Gasteiger partial charge is 0.261 e. The number of thioether (sulfide) groups is 1. The van der Waals surface area contributed by atoms with Crippen LogP contribution in [-0.2, 0) is 6.54 Å². The lowest BCUT2D eigenvalue weighted by atomic mass is 10.0. The monoisotopic (exact) mass is 557 g/mol. The van der Waals surface area contributed by atoms with Gasteiger partial charge in [-0.25, -0.2) is 18.7 Å². The summed E-state index contributed by atoms with van der Waals surface area (Å²) >= 11 is 1.41. The predicted molar refractivity (Wildman–Crippen MR) is 160 cm³/mol. The normalized spacial score (nSPS) is 11.7. The Morgan fingerprint density at radius 2 is 1.70 bits per heavy atom. The van der Waals surface area contributed by atoms with Crippen LogP contribution >= 0.6 is 11.8 Å². The molecule has 0 aliphatic rings. The molecule has 6 nitrogen and oxygen atoms in total. The fourth-order valence-corrected chi connectivity index (χ4v) is 4.78. The molecule has 0 spiro atoms. The standard InChI is InChI=1S/C31H29F2N5OS/c1-5-40-29(27-15-16-34-31(37-27)36-23-11-6-9-21(17-23)19-38(3)4)20(2)22-10-7-12-24(18-22)35-30(39)28-25(32)13-8-14-26(28)33/h5-18H,1,19H2,2-4H3,(H,35,39)(H,34,36,37)/b29-20+. The molecule has 40 heavy (non-hydrogen) atoms. The van der Waals surface area contributed by atoms with Crippen LogP contribution in [0.2, 0.25) is 0 Å². The maximum atomic E-state index is 14.1. The average Bonchev–Trinajstić information content (AvgIpc) is 2.91. The number of nitrogens with one attached hydrogen (secondary N) is 2. The van der Waals surface area contributed by atoms with Crippen LogP contribution in [0.25, 0.3) is 10.5 Å². The molecule has 4 rings (SSSR count). The summed E-state index contributed by atoms with van der Waals surface area (Å²) in [6.07, 6.45) is 1.69. The minimum Gasteiger partial charge on any atom is -0.324 e. The highest BCUT2D eigenvalue weighted by Gasteiger charge is 2.18. The van der Waals surface area contributed by atoms with Crippen molar-refractivity contribution in [2.24, 2.45) is 0 Å². The van der Waals surface area contributed by atoms with Crippen LogP contribution in [0, 0.1) is 11.6 Å². The number of halogens is 2. The largest absolute Gasteiger partial charge is 0.324 e. The Kier molecular flexibility index (Phi) is 9.42. The molecule has 4 aromatic rings. The zero-order valence-electron chi connectivity index (χ0n) is 22.4. The summed E-state index contributed by atoms with van der Waals surface area (Å²) in [7, 11) is 4.04. The minimum absolute atomic E-state index is 0.398. The molecular weight excluding hydrogens is 528 g/mol. The molecule has 0 radical (unpaired) electrons. The van der Waals surface area contributed by atoms with Crippen LogP contribution in [-0.4, -0.2) is 34.9 Å². The number of hydrogen-bond acceptors (Lipinski definition) is 6. The molecule has 0 atom stereocenters. The first-order valence-corrected chi connectivity index (χ1v) is 13.3. The van der Waals surface area contributed by atoms with E-state index in [2.05, 4.69) is 39.2 Å². The van der Waals surface area contributed by atoms with Gasteiger partial charge in [-0.2, -0.15) is 0 Å². The Labute approximate surface area is 236 Å². The molecule has 0 saturated heterocycles. The second-order valence-corrected chi connectivity index (χ2v) is 10.2. The van der Waals surface area contributed by atoms with Crippen molar-refractivity contribution < 1.29 is 13.6 Å². The van der Waals surface area contributed by atoms with E-state index in [0.717, 1.165) is 46.0 Å². The summed E-state index contributed by atoms with van der Waals surface area (Å²) in [4.78, 5) is 24.7. The molecular formula is C31H29F2N5OS. The highest BCUT2D eigenvalue weighted by Crippen LogP contribution is 2.36. The van der Waals surface area contributed by atoms with E-state index in [0.29, 0.717) is 17.3 Å². The van der Waals surface area contributed by atoms with Gasteiger partial charge in [-0.3, -0.25) is 4.79 Å². The van der Waals surface area contributed by atoms with Crippen LogP contribution < -0.4 is 10.6 Å². The van der Waals surface area contributed by atoms with Crippen LogP contribution in [0.4, 0.5) is 26.1 Å². The second kappa shape index (κ2) is 13.1. The molecule has 1 heterocycles. The SMILES string of the molecule is C=CS/C(=C(\C)c1cccc(NC(=O)c2c(F)cccc2F)c1)c1ccnc(Nc2cccc(CN(C)C)c2)n1. The number of hydrogen-bond donors (Lipinski definition) is 2. The third kappa shape index (κ3) is 7.19. The first kappa shape index (κ1) is 28.7. The van der Waals surface area contributed by atoms with Crippen molar-refractivity contribution in [2.45, 2.75) is 13.5 Å². The Morgan fingerprint density at radius 1 is 1.00 bits per heavy atom. The van der Waals surface area contributed by atoms with Gasteiger partial charge in [-0.1, -0.05) is 48.7 Å². The highest BCUT2D eigenvalue weighted by molar-refractivity contribution is 8.11. The van der Waals surface area contributed by atoms with Gasteiger partial charge in [-0.15, -0.1) is 0 Å². The van der Waals surface area contributed by atoms with E-state index in [1.807, 2.05) is 45.3 Å². The summed E-state index contributed by atoms with van der Waals surface area (Å²) in [5.74, 6) is -2.27. The molecule has 0 aliphatic carbocycles. The topological polar surface area (TPSA) is 70.2 Å². The van der Waals surface area contributed by atoms with Crippen LogP contribution in [0.3, 0.4) is 0 Å². The molecule has 3 aromatic carbocycles. The summed E-state index contributed by atoms with van der Waals surface area (Å²) in [5, 5.41) is 7.59. The van der Waals surface area contributed by atoms with E-state index < -0.39 is 23.1 Å². The Bertz CT molecular complexity index is 1550. The second-order valence-electron chi connectivity index (χ2n) is 9.20. The van der Waals surface area contributed by atoms with Gasteiger partial charge in [-0.05, 0) is 85.6 Å². The van der Waals surface area contributed by atoms with Gasteiger partial charge in [0.25, 0.3) is 5.91 Å². The average molecular weight is 558 g/mol. The number of carbonyl (C=O) groups is 1. The van der Waals surface area contributed by atoms with E-state index in [1.165, 1.54) is 17.8 Å².